The number of pyridine rings is 1. The maximum Gasteiger partial charge on any atom is 0.275 e. The number of piperidine rings is 1. The molecule has 1 aliphatic carbocycles. The van der Waals surface area contributed by atoms with Crippen molar-refractivity contribution >= 4 is 21.8 Å². The molecule has 0 unspecified atom stereocenters. The Morgan fingerprint density at radius 2 is 2.00 bits per heavy atom. The number of hydrogen-bond donors (Lipinski definition) is 0. The van der Waals surface area contributed by atoms with Crippen molar-refractivity contribution in [2.45, 2.75) is 25.7 Å². The van der Waals surface area contributed by atoms with Gasteiger partial charge in [0, 0.05) is 23.8 Å². The van der Waals surface area contributed by atoms with Gasteiger partial charge in [-0.05, 0) is 53.1 Å². The maximum atomic E-state index is 13.7. The summed E-state index contributed by atoms with van der Waals surface area (Å²) in [7, 11) is 0. The fraction of sp³-hybridized carbons (Fsp3) is 0.538. The van der Waals surface area contributed by atoms with Crippen molar-refractivity contribution in [3.05, 3.63) is 28.2 Å². The van der Waals surface area contributed by atoms with Gasteiger partial charge in [0.25, 0.3) is 5.91 Å². The van der Waals surface area contributed by atoms with Crippen LogP contribution in [0.15, 0.2) is 16.7 Å². The van der Waals surface area contributed by atoms with Gasteiger partial charge >= 0.3 is 0 Å². The van der Waals surface area contributed by atoms with E-state index in [1.165, 1.54) is 25.1 Å². The van der Waals surface area contributed by atoms with Gasteiger partial charge in [0.1, 0.15) is 0 Å². The summed E-state index contributed by atoms with van der Waals surface area (Å²) in [6, 6.07) is 1.28. The van der Waals surface area contributed by atoms with Crippen LogP contribution < -0.4 is 0 Å². The lowest BCUT2D eigenvalue weighted by molar-refractivity contribution is 0.0667. The van der Waals surface area contributed by atoms with E-state index < -0.39 is 5.82 Å². The summed E-state index contributed by atoms with van der Waals surface area (Å²) < 4.78 is 14.2. The number of aromatic nitrogens is 1. The topological polar surface area (TPSA) is 33.2 Å². The largest absolute Gasteiger partial charge is 0.337 e. The second-order valence-corrected chi connectivity index (χ2v) is 6.19. The quantitative estimate of drug-likeness (QED) is 0.798. The summed E-state index contributed by atoms with van der Waals surface area (Å²) in [4.78, 5) is 17.8. The number of likely N-dealkylation sites (tertiary alicyclic amines) is 1. The van der Waals surface area contributed by atoms with Crippen LogP contribution in [0.25, 0.3) is 0 Å². The van der Waals surface area contributed by atoms with Crippen LogP contribution >= 0.6 is 15.9 Å². The van der Waals surface area contributed by atoms with E-state index in [1.54, 1.807) is 4.90 Å². The van der Waals surface area contributed by atoms with Crippen molar-refractivity contribution < 1.29 is 9.18 Å². The Bertz CT molecular complexity index is 492. The average Bonchev–Trinajstić information content (AvgIpc) is 3.09. The summed E-state index contributed by atoms with van der Waals surface area (Å²) in [6.45, 7) is 1.46. The van der Waals surface area contributed by atoms with Gasteiger partial charge in [-0.1, -0.05) is 0 Å². The molecule has 0 radical (unpaired) electrons. The first-order valence-corrected chi connectivity index (χ1v) is 6.99. The molecule has 2 fully saturated rings. The molecule has 0 N–H and O–H groups in total. The molecule has 96 valence electrons. The van der Waals surface area contributed by atoms with Gasteiger partial charge in [0.15, 0.2) is 11.5 Å². The number of amides is 1. The fourth-order valence-corrected chi connectivity index (χ4v) is 2.89. The third-order valence-electron chi connectivity index (χ3n) is 4.08. The molecule has 0 aromatic carbocycles. The molecule has 3 nitrogen and oxygen atoms in total. The smallest absolute Gasteiger partial charge is 0.275 e. The lowest BCUT2D eigenvalue weighted by Crippen LogP contribution is -2.39. The van der Waals surface area contributed by atoms with E-state index in [9.17, 15) is 9.18 Å². The van der Waals surface area contributed by atoms with Crippen LogP contribution in [-0.2, 0) is 0 Å². The lowest BCUT2D eigenvalue weighted by Gasteiger charge is -2.31. The fourth-order valence-electron chi connectivity index (χ4n) is 2.58. The molecule has 2 aliphatic rings. The van der Waals surface area contributed by atoms with Crippen LogP contribution in [0.4, 0.5) is 4.39 Å². The van der Waals surface area contributed by atoms with E-state index >= 15 is 0 Å². The minimum atomic E-state index is -0.555. The molecular formula is C13H14BrFN2O. The molecule has 1 aromatic rings. The molecule has 1 saturated carbocycles. The zero-order valence-electron chi connectivity index (χ0n) is 9.96. The maximum absolute atomic E-state index is 13.7. The highest BCUT2D eigenvalue weighted by Crippen LogP contribution is 2.53. The van der Waals surface area contributed by atoms with Gasteiger partial charge in [0.05, 0.1) is 0 Å². The average molecular weight is 313 g/mol. The summed E-state index contributed by atoms with van der Waals surface area (Å²) in [5, 5.41) is 0. The van der Waals surface area contributed by atoms with Gasteiger partial charge in [-0.3, -0.25) is 4.79 Å². The molecule has 1 amide bonds. The molecule has 18 heavy (non-hydrogen) atoms. The van der Waals surface area contributed by atoms with Gasteiger partial charge in [0.2, 0.25) is 0 Å². The molecule has 1 aromatic heterocycles. The first kappa shape index (κ1) is 12.1. The Labute approximate surface area is 114 Å². The Hall–Kier alpha value is -0.970. The molecule has 1 saturated heterocycles. The van der Waals surface area contributed by atoms with Crippen LogP contribution in [0.5, 0.6) is 0 Å². The van der Waals surface area contributed by atoms with E-state index in [4.69, 9.17) is 0 Å². The summed E-state index contributed by atoms with van der Waals surface area (Å²) in [6.07, 6.45) is 6.15. The Morgan fingerprint density at radius 1 is 1.33 bits per heavy atom. The molecule has 1 spiro atoms. The van der Waals surface area contributed by atoms with Crippen LogP contribution in [0.1, 0.15) is 36.2 Å². The summed E-state index contributed by atoms with van der Waals surface area (Å²) in [5.74, 6) is -0.836. The van der Waals surface area contributed by atoms with Crippen LogP contribution in [-0.4, -0.2) is 28.9 Å². The van der Waals surface area contributed by atoms with E-state index in [0.717, 1.165) is 25.9 Å². The van der Waals surface area contributed by atoms with Crippen LogP contribution in [0.3, 0.4) is 0 Å². The monoisotopic (exact) mass is 312 g/mol. The highest BCUT2D eigenvalue weighted by molar-refractivity contribution is 9.10. The first-order valence-electron chi connectivity index (χ1n) is 6.20. The van der Waals surface area contributed by atoms with Gasteiger partial charge in [-0.25, -0.2) is 9.37 Å². The molecule has 1 aliphatic heterocycles. The highest BCUT2D eigenvalue weighted by Gasteiger charge is 2.45. The SMILES string of the molecule is O=C(c1ncc(Br)cc1F)N1CCC2(CC1)CC2. The van der Waals surface area contributed by atoms with Gasteiger partial charge < -0.3 is 4.90 Å². The number of hydrogen-bond acceptors (Lipinski definition) is 2. The standard InChI is InChI=1S/C13H14BrFN2O/c14-9-7-10(15)11(16-8-9)12(18)17-5-3-13(1-2-13)4-6-17/h7-8H,1-6H2. The van der Waals surface area contributed by atoms with E-state index in [-0.39, 0.29) is 11.6 Å². The zero-order valence-corrected chi connectivity index (χ0v) is 11.5. The minimum absolute atomic E-state index is 0.0649. The van der Waals surface area contributed by atoms with Crippen molar-refractivity contribution in [2.24, 2.45) is 5.41 Å². The van der Waals surface area contributed by atoms with Crippen molar-refractivity contribution in [1.29, 1.82) is 0 Å². The molecular weight excluding hydrogens is 299 g/mol. The minimum Gasteiger partial charge on any atom is -0.337 e. The second-order valence-electron chi connectivity index (χ2n) is 5.28. The van der Waals surface area contributed by atoms with Crippen LogP contribution in [0.2, 0.25) is 0 Å². The van der Waals surface area contributed by atoms with Crippen molar-refractivity contribution in [1.82, 2.24) is 9.88 Å². The van der Waals surface area contributed by atoms with E-state index in [2.05, 4.69) is 20.9 Å². The number of carbonyl (C=O) groups is 1. The number of nitrogens with zero attached hydrogens (tertiary/aromatic N) is 2. The molecule has 0 atom stereocenters. The molecule has 5 heteroatoms. The Balaban J connectivity index is 1.74. The summed E-state index contributed by atoms with van der Waals surface area (Å²) in [5.41, 5.74) is 0.451. The normalized spacial score (nSPS) is 21.1. The van der Waals surface area contributed by atoms with Crippen molar-refractivity contribution in [3.63, 3.8) is 0 Å². The molecule has 3 rings (SSSR count). The summed E-state index contributed by atoms with van der Waals surface area (Å²) >= 11 is 3.14. The van der Waals surface area contributed by atoms with Crippen LogP contribution in [0, 0.1) is 11.2 Å². The highest BCUT2D eigenvalue weighted by atomic mass is 79.9. The Kier molecular flexibility index (Phi) is 2.88. The molecule has 2 heterocycles. The lowest BCUT2D eigenvalue weighted by atomic mass is 9.93. The molecule has 0 bridgehead atoms. The number of halogens is 2. The van der Waals surface area contributed by atoms with E-state index in [1.807, 2.05) is 0 Å². The third kappa shape index (κ3) is 2.16. The predicted molar refractivity (Wildman–Crippen MR) is 68.7 cm³/mol. The second kappa shape index (κ2) is 4.30. The van der Waals surface area contributed by atoms with Crippen molar-refractivity contribution in [3.8, 4) is 0 Å². The number of carbonyl (C=O) groups excluding carboxylic acids is 1. The Morgan fingerprint density at radius 3 is 2.56 bits per heavy atom. The first-order chi connectivity index (χ1) is 8.60. The van der Waals surface area contributed by atoms with Gasteiger partial charge in [-0.15, -0.1) is 0 Å². The van der Waals surface area contributed by atoms with Crippen molar-refractivity contribution in [2.75, 3.05) is 13.1 Å². The van der Waals surface area contributed by atoms with E-state index in [0.29, 0.717) is 9.89 Å². The third-order valence-corrected chi connectivity index (χ3v) is 4.51. The van der Waals surface area contributed by atoms with Gasteiger partial charge in [-0.2, -0.15) is 0 Å². The zero-order chi connectivity index (χ0) is 12.8. The number of rotatable bonds is 1. The predicted octanol–water partition coefficient (Wildman–Crippen LogP) is 3.00.